The molecule has 0 heterocycles. The Morgan fingerprint density at radius 2 is 1.75 bits per heavy atom. The molecule has 0 aliphatic heterocycles. The average molecular weight is 226 g/mol. The fourth-order valence-corrected chi connectivity index (χ4v) is 2.13. The second-order valence-corrected chi connectivity index (χ2v) is 4.11. The SMILES string of the molecule is C#CC(=O)OCC[N+](CC)(CCC)CCC. The third kappa shape index (κ3) is 5.18. The minimum Gasteiger partial charge on any atom is -0.450 e. The summed E-state index contributed by atoms with van der Waals surface area (Å²) in [6, 6.07) is 0. The smallest absolute Gasteiger partial charge is 0.384 e. The highest BCUT2D eigenvalue weighted by Gasteiger charge is 2.23. The van der Waals surface area contributed by atoms with Gasteiger partial charge in [0, 0.05) is 5.92 Å². The number of ether oxygens (including phenoxy) is 1. The first-order valence-electron chi connectivity index (χ1n) is 6.12. The van der Waals surface area contributed by atoms with Crippen molar-refractivity contribution in [1.29, 1.82) is 0 Å². The number of esters is 1. The van der Waals surface area contributed by atoms with E-state index in [1.54, 1.807) is 0 Å². The van der Waals surface area contributed by atoms with Crippen molar-refractivity contribution < 1.29 is 14.0 Å². The maximum Gasteiger partial charge on any atom is 0.384 e. The van der Waals surface area contributed by atoms with Crippen molar-refractivity contribution in [1.82, 2.24) is 0 Å². The van der Waals surface area contributed by atoms with Crippen LogP contribution in [0.4, 0.5) is 0 Å². The van der Waals surface area contributed by atoms with Gasteiger partial charge in [0.15, 0.2) is 0 Å². The summed E-state index contributed by atoms with van der Waals surface area (Å²) in [5.41, 5.74) is 0. The van der Waals surface area contributed by atoms with Crippen LogP contribution >= 0.6 is 0 Å². The number of hydrogen-bond acceptors (Lipinski definition) is 2. The van der Waals surface area contributed by atoms with Crippen LogP contribution in [0.1, 0.15) is 33.6 Å². The minimum atomic E-state index is -0.554. The number of carbonyl (C=O) groups is 1. The molecule has 0 aromatic carbocycles. The molecule has 0 unspecified atom stereocenters. The number of nitrogens with zero attached hydrogens (tertiary/aromatic N) is 1. The van der Waals surface area contributed by atoms with Crippen LogP contribution in [0.5, 0.6) is 0 Å². The van der Waals surface area contributed by atoms with Gasteiger partial charge >= 0.3 is 5.97 Å². The van der Waals surface area contributed by atoms with E-state index in [0.717, 1.165) is 43.5 Å². The monoisotopic (exact) mass is 226 g/mol. The Morgan fingerprint density at radius 1 is 1.19 bits per heavy atom. The zero-order valence-electron chi connectivity index (χ0n) is 10.8. The molecule has 0 saturated carbocycles. The maximum atomic E-state index is 10.8. The highest BCUT2D eigenvalue weighted by atomic mass is 16.5. The van der Waals surface area contributed by atoms with Gasteiger partial charge in [-0.3, -0.25) is 0 Å². The van der Waals surface area contributed by atoms with E-state index < -0.39 is 5.97 Å². The third-order valence-corrected chi connectivity index (χ3v) is 2.98. The second-order valence-electron chi connectivity index (χ2n) is 4.11. The first kappa shape index (κ1) is 15.0. The Bertz CT molecular complexity index is 237. The van der Waals surface area contributed by atoms with E-state index in [1.165, 1.54) is 0 Å². The van der Waals surface area contributed by atoms with Crippen LogP contribution in [-0.4, -0.2) is 43.2 Å². The molecule has 0 amide bonds. The van der Waals surface area contributed by atoms with Gasteiger partial charge in [0.05, 0.1) is 19.6 Å². The lowest BCUT2D eigenvalue weighted by atomic mass is 10.2. The molecule has 0 N–H and O–H groups in total. The quantitative estimate of drug-likeness (QED) is 0.273. The zero-order valence-corrected chi connectivity index (χ0v) is 10.8. The van der Waals surface area contributed by atoms with Gasteiger partial charge in [0.2, 0.25) is 0 Å². The molecule has 16 heavy (non-hydrogen) atoms. The van der Waals surface area contributed by atoms with Crippen LogP contribution in [0, 0.1) is 12.3 Å². The van der Waals surface area contributed by atoms with Crippen LogP contribution < -0.4 is 0 Å². The summed E-state index contributed by atoms with van der Waals surface area (Å²) in [4.78, 5) is 10.8. The van der Waals surface area contributed by atoms with E-state index in [2.05, 4.69) is 20.8 Å². The van der Waals surface area contributed by atoms with Gasteiger partial charge in [0.25, 0.3) is 0 Å². The summed E-state index contributed by atoms with van der Waals surface area (Å²) < 4.78 is 5.97. The topological polar surface area (TPSA) is 26.3 Å². The van der Waals surface area contributed by atoms with Crippen molar-refractivity contribution >= 4 is 5.97 Å². The number of carbonyl (C=O) groups excluding carboxylic acids is 1. The van der Waals surface area contributed by atoms with E-state index in [-0.39, 0.29) is 0 Å². The highest BCUT2D eigenvalue weighted by Crippen LogP contribution is 2.09. The first-order chi connectivity index (χ1) is 7.64. The lowest BCUT2D eigenvalue weighted by molar-refractivity contribution is -0.926. The van der Waals surface area contributed by atoms with Crippen LogP contribution in [0.3, 0.4) is 0 Å². The Balaban J connectivity index is 4.19. The van der Waals surface area contributed by atoms with Crippen LogP contribution in [0.2, 0.25) is 0 Å². The molecule has 0 bridgehead atoms. The third-order valence-electron chi connectivity index (χ3n) is 2.98. The van der Waals surface area contributed by atoms with Crippen LogP contribution in [0.25, 0.3) is 0 Å². The number of quaternary nitrogens is 1. The molecule has 0 aliphatic rings. The Kier molecular flexibility index (Phi) is 7.66. The standard InChI is InChI=1S/C13H24NO2/c1-5-9-14(8-4,10-6-2)11-12-16-13(15)7-3/h3H,5-6,8-12H2,1-2,4H3/q+1. The molecule has 0 aromatic rings. The predicted octanol–water partition coefficient (Wildman–Crippen LogP) is 1.82. The molecule has 0 radical (unpaired) electrons. The number of terminal acetylenes is 1. The normalized spacial score (nSPS) is 10.9. The molecule has 0 saturated heterocycles. The predicted molar refractivity (Wildman–Crippen MR) is 65.8 cm³/mol. The van der Waals surface area contributed by atoms with Gasteiger partial charge in [0.1, 0.15) is 13.2 Å². The summed E-state index contributed by atoms with van der Waals surface area (Å²) in [6.45, 7) is 11.2. The van der Waals surface area contributed by atoms with Gasteiger partial charge in [-0.05, 0) is 19.8 Å². The molecular formula is C13H24NO2+. The average Bonchev–Trinajstić information content (AvgIpc) is 2.29. The number of hydrogen-bond donors (Lipinski definition) is 0. The maximum absolute atomic E-state index is 10.8. The Hall–Kier alpha value is -1.01. The summed E-state index contributed by atoms with van der Waals surface area (Å²) in [6.07, 6.45) is 7.24. The summed E-state index contributed by atoms with van der Waals surface area (Å²) in [5, 5.41) is 0. The van der Waals surface area contributed by atoms with Gasteiger partial charge in [-0.1, -0.05) is 13.8 Å². The first-order valence-corrected chi connectivity index (χ1v) is 6.12. The molecule has 0 atom stereocenters. The molecule has 0 aromatic heterocycles. The summed E-state index contributed by atoms with van der Waals surface area (Å²) >= 11 is 0. The Morgan fingerprint density at radius 3 is 2.12 bits per heavy atom. The van der Waals surface area contributed by atoms with Gasteiger partial charge in [-0.15, -0.1) is 6.42 Å². The molecule has 0 rings (SSSR count). The van der Waals surface area contributed by atoms with Crippen LogP contribution in [-0.2, 0) is 9.53 Å². The lowest BCUT2D eigenvalue weighted by Gasteiger charge is -2.37. The molecule has 0 fully saturated rings. The fourth-order valence-electron chi connectivity index (χ4n) is 2.13. The molecule has 0 spiro atoms. The summed E-state index contributed by atoms with van der Waals surface area (Å²) in [5.74, 6) is 1.41. The van der Waals surface area contributed by atoms with E-state index in [4.69, 9.17) is 11.2 Å². The largest absolute Gasteiger partial charge is 0.450 e. The summed E-state index contributed by atoms with van der Waals surface area (Å²) in [7, 11) is 0. The molecule has 3 nitrogen and oxygen atoms in total. The molecule has 3 heteroatoms. The van der Waals surface area contributed by atoms with Crippen molar-refractivity contribution in [2.24, 2.45) is 0 Å². The Labute approximate surface area is 99.4 Å². The molecule has 92 valence electrons. The second kappa shape index (κ2) is 8.18. The minimum absolute atomic E-state index is 0.427. The van der Waals surface area contributed by atoms with E-state index in [9.17, 15) is 4.79 Å². The molecule has 0 aliphatic carbocycles. The van der Waals surface area contributed by atoms with Crippen LogP contribution in [0.15, 0.2) is 0 Å². The highest BCUT2D eigenvalue weighted by molar-refractivity contribution is 5.87. The van der Waals surface area contributed by atoms with Crippen molar-refractivity contribution in [3.05, 3.63) is 0 Å². The van der Waals surface area contributed by atoms with E-state index in [0.29, 0.717) is 6.61 Å². The number of likely N-dealkylation sites (N-methyl/N-ethyl adjacent to an activating group) is 1. The van der Waals surface area contributed by atoms with Crippen molar-refractivity contribution in [2.45, 2.75) is 33.6 Å². The van der Waals surface area contributed by atoms with Gasteiger partial charge in [-0.25, -0.2) is 4.79 Å². The van der Waals surface area contributed by atoms with E-state index in [1.807, 2.05) is 5.92 Å². The van der Waals surface area contributed by atoms with Crippen molar-refractivity contribution in [3.63, 3.8) is 0 Å². The van der Waals surface area contributed by atoms with E-state index >= 15 is 0 Å². The van der Waals surface area contributed by atoms with Gasteiger partial charge < -0.3 is 9.22 Å². The number of rotatable bonds is 8. The van der Waals surface area contributed by atoms with Crippen molar-refractivity contribution in [3.8, 4) is 12.3 Å². The lowest BCUT2D eigenvalue weighted by Crippen LogP contribution is -2.51. The zero-order chi connectivity index (χ0) is 12.4. The molecular weight excluding hydrogens is 202 g/mol. The van der Waals surface area contributed by atoms with Gasteiger partial charge in [-0.2, -0.15) is 0 Å². The fraction of sp³-hybridized carbons (Fsp3) is 0.769. The van der Waals surface area contributed by atoms with Crippen molar-refractivity contribution in [2.75, 3.05) is 32.8 Å².